The van der Waals surface area contributed by atoms with Gasteiger partial charge in [0.05, 0.1) is 0 Å². The fourth-order valence-electron chi connectivity index (χ4n) is 3.45. The van der Waals surface area contributed by atoms with E-state index >= 15 is 0 Å². The molecule has 0 spiro atoms. The summed E-state index contributed by atoms with van der Waals surface area (Å²) in [5, 5.41) is 3.31. The molecular weight excluding hydrogens is 298 g/mol. The standard InChI is InChI=1S/C18H20ClNO2/c1-10-6-5-9-14(11(10)2)20-16-15(19)17(21)12-7-3-4-8-13(12)18(16)22/h3-4,7-8,10-11,14,20H,5-6,9H2,1-2H3/t10-,11+,14+/m1/s1. The van der Waals surface area contributed by atoms with E-state index in [0.717, 1.165) is 12.8 Å². The normalized spacial score (nSPS) is 28.6. The van der Waals surface area contributed by atoms with E-state index in [2.05, 4.69) is 19.2 Å². The Morgan fingerprint density at radius 2 is 1.68 bits per heavy atom. The first kappa shape index (κ1) is 15.3. The van der Waals surface area contributed by atoms with Crippen LogP contribution < -0.4 is 5.32 Å². The van der Waals surface area contributed by atoms with Crippen molar-refractivity contribution in [2.45, 2.75) is 39.2 Å². The van der Waals surface area contributed by atoms with E-state index in [0.29, 0.717) is 23.0 Å². The number of nitrogens with one attached hydrogen (secondary N) is 1. The van der Waals surface area contributed by atoms with Gasteiger partial charge in [0.15, 0.2) is 0 Å². The number of halogens is 1. The number of benzene rings is 1. The molecule has 4 heteroatoms. The zero-order valence-corrected chi connectivity index (χ0v) is 13.6. The monoisotopic (exact) mass is 317 g/mol. The number of carbonyl (C=O) groups excluding carboxylic acids is 2. The van der Waals surface area contributed by atoms with E-state index < -0.39 is 0 Å². The molecule has 0 aliphatic heterocycles. The van der Waals surface area contributed by atoms with Gasteiger partial charge >= 0.3 is 0 Å². The van der Waals surface area contributed by atoms with Gasteiger partial charge in [0, 0.05) is 17.2 Å². The van der Waals surface area contributed by atoms with Gasteiger partial charge in [0.1, 0.15) is 10.7 Å². The maximum Gasteiger partial charge on any atom is 0.211 e. The molecule has 2 aliphatic rings. The van der Waals surface area contributed by atoms with E-state index in [4.69, 9.17) is 11.6 Å². The molecule has 3 rings (SSSR count). The van der Waals surface area contributed by atoms with Crippen LogP contribution in [-0.2, 0) is 0 Å². The molecular formula is C18H20ClNO2. The number of hydrogen-bond donors (Lipinski definition) is 1. The summed E-state index contributed by atoms with van der Waals surface area (Å²) in [5.41, 5.74) is 1.11. The third kappa shape index (κ3) is 2.48. The van der Waals surface area contributed by atoms with Crippen molar-refractivity contribution in [3.8, 4) is 0 Å². The van der Waals surface area contributed by atoms with Crippen LogP contribution in [0.1, 0.15) is 53.8 Å². The van der Waals surface area contributed by atoms with Crippen LogP contribution in [0, 0.1) is 11.8 Å². The van der Waals surface area contributed by atoms with E-state index in [1.54, 1.807) is 24.3 Å². The van der Waals surface area contributed by atoms with Gasteiger partial charge in [0.25, 0.3) is 0 Å². The summed E-state index contributed by atoms with van der Waals surface area (Å²) < 4.78 is 0. The number of rotatable bonds is 2. The van der Waals surface area contributed by atoms with E-state index in [9.17, 15) is 9.59 Å². The molecule has 0 unspecified atom stereocenters. The summed E-state index contributed by atoms with van der Waals surface area (Å²) in [6, 6.07) is 7.05. The topological polar surface area (TPSA) is 46.2 Å². The average molecular weight is 318 g/mol. The highest BCUT2D eigenvalue weighted by Crippen LogP contribution is 2.33. The largest absolute Gasteiger partial charge is 0.378 e. The van der Waals surface area contributed by atoms with Gasteiger partial charge in [-0.15, -0.1) is 0 Å². The Balaban J connectivity index is 1.92. The van der Waals surface area contributed by atoms with E-state index in [1.165, 1.54) is 6.42 Å². The summed E-state index contributed by atoms with van der Waals surface area (Å²) in [5.74, 6) is 0.611. The summed E-state index contributed by atoms with van der Waals surface area (Å²) in [7, 11) is 0. The van der Waals surface area contributed by atoms with Gasteiger partial charge in [0.2, 0.25) is 11.6 Å². The Morgan fingerprint density at radius 3 is 2.36 bits per heavy atom. The number of allylic oxidation sites excluding steroid dienone is 2. The first-order valence-electron chi connectivity index (χ1n) is 7.85. The minimum absolute atomic E-state index is 0.0223. The zero-order valence-electron chi connectivity index (χ0n) is 12.9. The molecule has 0 aromatic heterocycles. The molecule has 1 N–H and O–H groups in total. The second-order valence-corrected chi connectivity index (χ2v) is 6.79. The Morgan fingerprint density at radius 1 is 1.05 bits per heavy atom. The number of carbonyl (C=O) groups is 2. The minimum atomic E-state index is -0.268. The molecule has 3 atom stereocenters. The van der Waals surface area contributed by atoms with Crippen LogP contribution in [0.5, 0.6) is 0 Å². The molecule has 116 valence electrons. The number of fused-ring (bicyclic) bond motifs is 1. The average Bonchev–Trinajstić information content (AvgIpc) is 2.53. The SMILES string of the molecule is C[C@H]1[C@H](C)CCC[C@@H]1NC1=C(Cl)C(=O)c2ccccc2C1=O. The van der Waals surface area contributed by atoms with Crippen LogP contribution in [0.15, 0.2) is 35.0 Å². The van der Waals surface area contributed by atoms with Gasteiger partial charge < -0.3 is 5.32 Å². The van der Waals surface area contributed by atoms with Crippen LogP contribution in [-0.4, -0.2) is 17.6 Å². The molecule has 1 aromatic rings. The Kier molecular flexibility index (Phi) is 4.09. The Labute approximate surface area is 135 Å². The molecule has 3 nitrogen and oxygen atoms in total. The third-order valence-corrected chi connectivity index (χ3v) is 5.46. The predicted octanol–water partition coefficient (Wildman–Crippen LogP) is 3.93. The van der Waals surface area contributed by atoms with Crippen LogP contribution >= 0.6 is 11.6 Å². The molecule has 0 saturated heterocycles. The molecule has 0 amide bonds. The van der Waals surface area contributed by atoms with Crippen LogP contribution in [0.2, 0.25) is 0 Å². The molecule has 1 saturated carbocycles. The van der Waals surface area contributed by atoms with Gasteiger partial charge in [-0.25, -0.2) is 0 Å². The van der Waals surface area contributed by atoms with Crippen molar-refractivity contribution in [2.24, 2.45) is 11.8 Å². The number of ketones is 2. The van der Waals surface area contributed by atoms with Crippen molar-refractivity contribution in [2.75, 3.05) is 0 Å². The van der Waals surface area contributed by atoms with Crippen molar-refractivity contribution < 1.29 is 9.59 Å². The van der Waals surface area contributed by atoms with Crippen molar-refractivity contribution >= 4 is 23.2 Å². The van der Waals surface area contributed by atoms with Gasteiger partial charge in [-0.1, -0.05) is 62.6 Å². The van der Waals surface area contributed by atoms with Crippen LogP contribution in [0.3, 0.4) is 0 Å². The number of hydrogen-bond acceptors (Lipinski definition) is 3. The lowest BCUT2D eigenvalue weighted by molar-refractivity contribution is 0.0966. The Bertz CT molecular complexity index is 665. The third-order valence-electron chi connectivity index (χ3n) is 5.10. The second kappa shape index (κ2) is 5.88. The first-order valence-corrected chi connectivity index (χ1v) is 8.23. The summed E-state index contributed by atoms with van der Waals surface area (Å²) >= 11 is 6.21. The van der Waals surface area contributed by atoms with Crippen molar-refractivity contribution in [3.05, 3.63) is 46.1 Å². The molecule has 2 aliphatic carbocycles. The second-order valence-electron chi connectivity index (χ2n) is 6.41. The minimum Gasteiger partial charge on any atom is -0.378 e. The molecule has 0 radical (unpaired) electrons. The lowest BCUT2D eigenvalue weighted by Gasteiger charge is -2.36. The smallest absolute Gasteiger partial charge is 0.211 e. The van der Waals surface area contributed by atoms with Gasteiger partial charge in [-0.3, -0.25) is 9.59 Å². The molecule has 1 aromatic carbocycles. The molecule has 0 heterocycles. The quantitative estimate of drug-likeness (QED) is 0.899. The highest BCUT2D eigenvalue weighted by molar-refractivity contribution is 6.49. The zero-order chi connectivity index (χ0) is 15.9. The lowest BCUT2D eigenvalue weighted by atomic mass is 9.77. The summed E-state index contributed by atoms with van der Waals surface area (Å²) in [6.07, 6.45) is 3.34. The van der Waals surface area contributed by atoms with Crippen molar-refractivity contribution in [1.82, 2.24) is 5.32 Å². The predicted molar refractivity (Wildman–Crippen MR) is 87.1 cm³/mol. The van der Waals surface area contributed by atoms with Crippen molar-refractivity contribution in [3.63, 3.8) is 0 Å². The molecule has 0 bridgehead atoms. The maximum absolute atomic E-state index is 12.7. The maximum atomic E-state index is 12.7. The number of Topliss-reactive ketones (excluding diaryl/α,β-unsaturated/α-hetero) is 2. The van der Waals surface area contributed by atoms with Gasteiger partial charge in [-0.05, 0) is 18.3 Å². The fraction of sp³-hybridized carbons (Fsp3) is 0.444. The lowest BCUT2D eigenvalue weighted by Crippen LogP contribution is -2.43. The highest BCUT2D eigenvalue weighted by atomic mass is 35.5. The van der Waals surface area contributed by atoms with E-state index in [1.807, 2.05) is 0 Å². The molecule has 22 heavy (non-hydrogen) atoms. The highest BCUT2D eigenvalue weighted by Gasteiger charge is 2.34. The summed E-state index contributed by atoms with van der Waals surface area (Å²) in [6.45, 7) is 4.43. The van der Waals surface area contributed by atoms with Crippen molar-refractivity contribution in [1.29, 1.82) is 0 Å². The van der Waals surface area contributed by atoms with Crippen LogP contribution in [0.25, 0.3) is 0 Å². The van der Waals surface area contributed by atoms with Gasteiger partial charge in [-0.2, -0.15) is 0 Å². The van der Waals surface area contributed by atoms with E-state index in [-0.39, 0.29) is 28.3 Å². The summed E-state index contributed by atoms with van der Waals surface area (Å²) in [4.78, 5) is 25.1. The fourth-order valence-corrected chi connectivity index (χ4v) is 3.69. The Hall–Kier alpha value is -1.61. The van der Waals surface area contributed by atoms with Crippen LogP contribution in [0.4, 0.5) is 0 Å². The molecule has 1 fully saturated rings. The first-order chi connectivity index (χ1) is 10.5.